The molecule has 1 radical (unpaired) electrons. The standard InChI is InChI=1S/C7H5F3O3S.Na/c8-7(9,10)13-5-2-1-3-6(4-5)14(11)12;/h1-4H,(H,11,12);. The first-order chi connectivity index (χ1) is 6.38. The maximum absolute atomic E-state index is 11.7. The van der Waals surface area contributed by atoms with Crippen molar-refractivity contribution in [3.05, 3.63) is 24.3 Å². The van der Waals surface area contributed by atoms with Gasteiger partial charge in [-0.05, 0) is 18.2 Å². The number of rotatable bonds is 2. The largest absolute Gasteiger partial charge is 0.573 e. The maximum atomic E-state index is 11.7. The third kappa shape index (κ3) is 5.53. The second kappa shape index (κ2) is 5.86. The van der Waals surface area contributed by atoms with Crippen molar-refractivity contribution in [2.75, 3.05) is 0 Å². The van der Waals surface area contributed by atoms with E-state index in [1.54, 1.807) is 0 Å². The number of hydrogen-bond donors (Lipinski definition) is 1. The van der Waals surface area contributed by atoms with Crippen LogP contribution in [0.15, 0.2) is 29.2 Å². The third-order valence-electron chi connectivity index (χ3n) is 1.24. The number of halogens is 3. The van der Waals surface area contributed by atoms with Gasteiger partial charge in [0, 0.05) is 29.6 Å². The summed E-state index contributed by atoms with van der Waals surface area (Å²) in [6, 6.07) is 4.32. The zero-order valence-electron chi connectivity index (χ0n) is 7.62. The fourth-order valence-electron chi connectivity index (χ4n) is 0.780. The molecule has 0 heterocycles. The number of alkyl halides is 3. The molecule has 0 saturated heterocycles. The molecule has 1 rings (SSSR count). The monoisotopic (exact) mass is 249 g/mol. The van der Waals surface area contributed by atoms with E-state index in [0.29, 0.717) is 0 Å². The van der Waals surface area contributed by atoms with E-state index in [4.69, 9.17) is 4.55 Å². The summed E-state index contributed by atoms with van der Waals surface area (Å²) < 4.78 is 57.8. The van der Waals surface area contributed by atoms with Crippen LogP contribution in [0.25, 0.3) is 0 Å². The molecule has 0 aliphatic rings. The first kappa shape index (κ1) is 14.9. The first-order valence-electron chi connectivity index (χ1n) is 3.35. The molecule has 0 aromatic heterocycles. The van der Waals surface area contributed by atoms with Crippen molar-refractivity contribution in [3.8, 4) is 5.75 Å². The SMILES string of the molecule is O=S(O)c1cccc(OC(F)(F)F)c1.[Na]. The van der Waals surface area contributed by atoms with E-state index in [0.717, 1.165) is 12.1 Å². The topological polar surface area (TPSA) is 46.5 Å². The summed E-state index contributed by atoms with van der Waals surface area (Å²) in [6.07, 6.45) is -4.80. The molecule has 0 fully saturated rings. The van der Waals surface area contributed by atoms with Crippen molar-refractivity contribution in [1.29, 1.82) is 0 Å². The van der Waals surface area contributed by atoms with Gasteiger partial charge in [-0.3, -0.25) is 0 Å². The van der Waals surface area contributed by atoms with Crippen molar-refractivity contribution in [1.82, 2.24) is 0 Å². The molecular weight excluding hydrogens is 244 g/mol. The molecule has 1 unspecified atom stereocenters. The van der Waals surface area contributed by atoms with Crippen LogP contribution in [0.1, 0.15) is 0 Å². The van der Waals surface area contributed by atoms with Crippen LogP contribution >= 0.6 is 0 Å². The fourth-order valence-corrected chi connectivity index (χ4v) is 1.19. The number of benzene rings is 1. The summed E-state index contributed by atoms with van der Waals surface area (Å²) in [5.74, 6) is -0.516. The Labute approximate surface area is 108 Å². The van der Waals surface area contributed by atoms with Gasteiger partial charge in [-0.15, -0.1) is 13.2 Å². The van der Waals surface area contributed by atoms with Gasteiger partial charge < -0.3 is 9.29 Å². The molecule has 1 atom stereocenters. The fraction of sp³-hybridized carbons (Fsp3) is 0.143. The molecule has 1 N–H and O–H groups in total. The second-order valence-electron chi connectivity index (χ2n) is 2.27. The molecule has 15 heavy (non-hydrogen) atoms. The van der Waals surface area contributed by atoms with Crippen LogP contribution in [-0.2, 0) is 11.1 Å². The summed E-state index contributed by atoms with van der Waals surface area (Å²) in [6.45, 7) is 0. The Balaban J connectivity index is 0.00000196. The molecule has 1 aromatic carbocycles. The summed E-state index contributed by atoms with van der Waals surface area (Å²) in [7, 11) is 0. The van der Waals surface area contributed by atoms with Crippen LogP contribution in [-0.4, -0.2) is 44.7 Å². The van der Waals surface area contributed by atoms with Gasteiger partial charge in [0.2, 0.25) is 0 Å². The Morgan fingerprint density at radius 2 is 1.93 bits per heavy atom. The maximum Gasteiger partial charge on any atom is 0.573 e. The Morgan fingerprint density at radius 1 is 1.33 bits per heavy atom. The van der Waals surface area contributed by atoms with E-state index in [-0.39, 0.29) is 34.5 Å². The van der Waals surface area contributed by atoms with Crippen LogP contribution < -0.4 is 4.74 Å². The van der Waals surface area contributed by atoms with Gasteiger partial charge in [0.1, 0.15) is 5.75 Å². The van der Waals surface area contributed by atoms with Gasteiger partial charge in [0.15, 0.2) is 11.1 Å². The molecule has 0 aliphatic heterocycles. The zero-order chi connectivity index (χ0) is 10.8. The van der Waals surface area contributed by atoms with Crippen LogP contribution in [0.2, 0.25) is 0 Å². The van der Waals surface area contributed by atoms with E-state index < -0.39 is 23.2 Å². The van der Waals surface area contributed by atoms with Gasteiger partial charge >= 0.3 is 6.36 Å². The van der Waals surface area contributed by atoms with Gasteiger partial charge in [0.05, 0.1) is 4.90 Å². The normalized spacial score (nSPS) is 12.8. The zero-order valence-corrected chi connectivity index (χ0v) is 10.4. The van der Waals surface area contributed by atoms with Crippen LogP contribution in [0.4, 0.5) is 13.2 Å². The van der Waals surface area contributed by atoms with E-state index in [1.807, 2.05) is 0 Å². The minimum atomic E-state index is -4.80. The van der Waals surface area contributed by atoms with E-state index in [2.05, 4.69) is 4.74 Å². The van der Waals surface area contributed by atoms with Crippen molar-refractivity contribution in [3.63, 3.8) is 0 Å². The van der Waals surface area contributed by atoms with E-state index in [9.17, 15) is 17.4 Å². The average Bonchev–Trinajstić information content (AvgIpc) is 2.01. The molecular formula is C7H5F3NaO3S. The van der Waals surface area contributed by atoms with Crippen molar-refractivity contribution < 1.29 is 26.7 Å². The van der Waals surface area contributed by atoms with Crippen LogP contribution in [0.5, 0.6) is 5.75 Å². The molecule has 0 saturated carbocycles. The molecule has 0 spiro atoms. The van der Waals surface area contributed by atoms with Crippen molar-refractivity contribution in [2.24, 2.45) is 0 Å². The molecule has 0 aliphatic carbocycles. The average molecular weight is 249 g/mol. The van der Waals surface area contributed by atoms with Crippen LogP contribution in [0, 0.1) is 0 Å². The predicted octanol–water partition coefficient (Wildman–Crippen LogP) is 1.79. The third-order valence-corrected chi connectivity index (χ3v) is 1.90. The minimum Gasteiger partial charge on any atom is -0.406 e. The second-order valence-corrected chi connectivity index (χ2v) is 3.24. The Hall–Kier alpha value is -0.0800. The van der Waals surface area contributed by atoms with Crippen molar-refractivity contribution >= 4 is 40.6 Å². The van der Waals surface area contributed by atoms with E-state index in [1.165, 1.54) is 12.1 Å². The van der Waals surface area contributed by atoms with E-state index >= 15 is 0 Å². The van der Waals surface area contributed by atoms with Gasteiger partial charge in [0.25, 0.3) is 0 Å². The molecule has 79 valence electrons. The molecule has 1 aromatic rings. The Bertz CT molecular complexity index is 356. The molecule has 8 heteroatoms. The summed E-state index contributed by atoms with van der Waals surface area (Å²) in [5.41, 5.74) is 0. The van der Waals surface area contributed by atoms with Crippen molar-refractivity contribution in [2.45, 2.75) is 11.3 Å². The predicted molar refractivity (Wildman–Crippen MR) is 47.9 cm³/mol. The summed E-state index contributed by atoms with van der Waals surface area (Å²) in [5, 5.41) is 0. The summed E-state index contributed by atoms with van der Waals surface area (Å²) >= 11 is -2.31. The summed E-state index contributed by atoms with van der Waals surface area (Å²) in [4.78, 5) is -0.147. The molecule has 3 nitrogen and oxygen atoms in total. The minimum absolute atomic E-state index is 0. The van der Waals surface area contributed by atoms with Gasteiger partial charge in [-0.2, -0.15) is 0 Å². The van der Waals surface area contributed by atoms with Gasteiger partial charge in [-0.1, -0.05) is 6.07 Å². The molecule has 0 amide bonds. The Kier molecular flexibility index (Phi) is 5.82. The molecule has 0 bridgehead atoms. The first-order valence-corrected chi connectivity index (χ1v) is 4.46. The number of hydrogen-bond acceptors (Lipinski definition) is 2. The van der Waals surface area contributed by atoms with Gasteiger partial charge in [-0.25, -0.2) is 4.21 Å². The smallest absolute Gasteiger partial charge is 0.406 e. The quantitative estimate of drug-likeness (QED) is 0.642. The van der Waals surface area contributed by atoms with Crippen LogP contribution in [0.3, 0.4) is 0 Å². The number of ether oxygens (including phenoxy) is 1. The Morgan fingerprint density at radius 3 is 2.40 bits per heavy atom.